The Kier molecular flexibility index (Phi) is 4.73. The van der Waals surface area contributed by atoms with Crippen LogP contribution in [0.5, 0.6) is 0 Å². The number of nitrogens with zero attached hydrogens (tertiary/aromatic N) is 3. The predicted octanol–water partition coefficient (Wildman–Crippen LogP) is 4.83. The van der Waals surface area contributed by atoms with Gasteiger partial charge in [0, 0.05) is 25.2 Å². The molecule has 4 heteroatoms. The Balaban J connectivity index is 1.55. The molecule has 3 aliphatic heterocycles. The maximum atomic E-state index is 9.13. The highest BCUT2D eigenvalue weighted by atomic mass is 16.5. The molecule has 0 fully saturated rings. The van der Waals surface area contributed by atoms with Crippen LogP contribution in [0.3, 0.4) is 0 Å². The smallest absolute Gasteiger partial charge is 0.269 e. The third kappa shape index (κ3) is 3.49. The van der Waals surface area contributed by atoms with Crippen molar-refractivity contribution in [2.24, 2.45) is 0 Å². The Morgan fingerprint density at radius 3 is 2.52 bits per heavy atom. The summed E-state index contributed by atoms with van der Waals surface area (Å²) in [6.45, 7) is 11.4. The van der Waals surface area contributed by atoms with Crippen molar-refractivity contribution >= 4 is 5.69 Å². The summed E-state index contributed by atoms with van der Waals surface area (Å²) in [5.74, 6) is 1.56. The van der Waals surface area contributed by atoms with E-state index in [0.717, 1.165) is 24.4 Å². The zero-order valence-corrected chi connectivity index (χ0v) is 15.7. The highest BCUT2D eigenvalue weighted by molar-refractivity contribution is 5.64. The van der Waals surface area contributed by atoms with Gasteiger partial charge in [-0.15, -0.1) is 0 Å². The second-order valence-corrected chi connectivity index (χ2v) is 7.45. The standard InChI is InChI=1S/C23H23N3O/c1-16-11-20(22(15-24)25-2)14-21(27-16)8-7-17-12-18-5-3-9-26-10-4-6-19(13-17)23(18)26/h11-14H,3-10H2,1H3. The lowest BCUT2D eigenvalue weighted by Crippen LogP contribution is -2.34. The van der Waals surface area contributed by atoms with E-state index in [1.165, 1.54) is 61.2 Å². The lowest BCUT2D eigenvalue weighted by molar-refractivity contribution is 0.287. The van der Waals surface area contributed by atoms with Crippen molar-refractivity contribution in [3.63, 3.8) is 0 Å². The van der Waals surface area contributed by atoms with Gasteiger partial charge in [0.05, 0.1) is 18.4 Å². The van der Waals surface area contributed by atoms with Crippen LogP contribution in [0, 0.1) is 17.9 Å². The number of ether oxygens (including phenoxy) is 1. The van der Waals surface area contributed by atoms with E-state index in [0.29, 0.717) is 5.57 Å². The first-order chi connectivity index (χ1) is 13.2. The molecule has 0 saturated carbocycles. The summed E-state index contributed by atoms with van der Waals surface area (Å²) >= 11 is 0. The number of hydrogen-bond acceptors (Lipinski definition) is 3. The van der Waals surface area contributed by atoms with E-state index in [1.807, 2.05) is 19.1 Å². The van der Waals surface area contributed by atoms with Gasteiger partial charge in [-0.2, -0.15) is 0 Å². The zero-order chi connectivity index (χ0) is 18.8. The van der Waals surface area contributed by atoms with Gasteiger partial charge in [0.1, 0.15) is 5.76 Å². The Morgan fingerprint density at radius 1 is 1.19 bits per heavy atom. The molecule has 3 aliphatic rings. The minimum absolute atomic E-state index is 0.119. The molecule has 136 valence electrons. The lowest BCUT2D eigenvalue weighted by atomic mass is 9.89. The molecule has 1 aromatic rings. The average Bonchev–Trinajstić information content (AvgIpc) is 2.67. The summed E-state index contributed by atoms with van der Waals surface area (Å²) in [7, 11) is 0. The molecule has 0 spiro atoms. The first-order valence-electron chi connectivity index (χ1n) is 9.66. The fourth-order valence-corrected chi connectivity index (χ4v) is 4.40. The molecule has 0 bridgehead atoms. The molecule has 0 amide bonds. The second kappa shape index (κ2) is 7.33. The molecule has 0 N–H and O–H groups in total. The van der Waals surface area contributed by atoms with Gasteiger partial charge in [-0.25, -0.2) is 10.1 Å². The Hall–Kier alpha value is -2.98. The van der Waals surface area contributed by atoms with E-state index in [-0.39, 0.29) is 5.70 Å². The van der Waals surface area contributed by atoms with E-state index >= 15 is 0 Å². The van der Waals surface area contributed by atoms with Crippen LogP contribution in [-0.4, -0.2) is 13.1 Å². The van der Waals surface area contributed by atoms with Crippen LogP contribution in [0.4, 0.5) is 5.69 Å². The monoisotopic (exact) mass is 357 g/mol. The minimum atomic E-state index is 0.119. The van der Waals surface area contributed by atoms with Crippen LogP contribution in [0.15, 0.2) is 47.1 Å². The van der Waals surface area contributed by atoms with Crippen molar-refractivity contribution in [1.29, 1.82) is 5.26 Å². The number of benzene rings is 1. The number of anilines is 1. The van der Waals surface area contributed by atoms with Crippen LogP contribution in [0.2, 0.25) is 0 Å². The van der Waals surface area contributed by atoms with Gasteiger partial charge in [-0.1, -0.05) is 12.1 Å². The van der Waals surface area contributed by atoms with E-state index in [2.05, 4.69) is 21.9 Å². The van der Waals surface area contributed by atoms with E-state index in [4.69, 9.17) is 16.6 Å². The fourth-order valence-electron chi connectivity index (χ4n) is 4.40. The van der Waals surface area contributed by atoms with Crippen molar-refractivity contribution in [1.82, 2.24) is 0 Å². The van der Waals surface area contributed by atoms with E-state index in [1.54, 1.807) is 6.08 Å². The summed E-state index contributed by atoms with van der Waals surface area (Å²) in [5, 5.41) is 9.13. The summed E-state index contributed by atoms with van der Waals surface area (Å²) in [6.07, 6.45) is 10.1. The minimum Gasteiger partial charge on any atom is -0.466 e. The number of aryl methyl sites for hydroxylation is 3. The third-order valence-corrected chi connectivity index (χ3v) is 5.51. The Morgan fingerprint density at radius 2 is 1.89 bits per heavy atom. The molecule has 27 heavy (non-hydrogen) atoms. The zero-order valence-electron chi connectivity index (χ0n) is 15.7. The first kappa shape index (κ1) is 17.4. The number of rotatable bonds is 3. The van der Waals surface area contributed by atoms with E-state index in [9.17, 15) is 0 Å². The van der Waals surface area contributed by atoms with Crippen LogP contribution in [0.1, 0.15) is 42.9 Å². The molecule has 3 heterocycles. The van der Waals surface area contributed by atoms with Gasteiger partial charge in [-0.3, -0.25) is 0 Å². The average molecular weight is 357 g/mol. The van der Waals surface area contributed by atoms with Gasteiger partial charge in [0.2, 0.25) is 0 Å². The van der Waals surface area contributed by atoms with Gasteiger partial charge in [-0.05, 0) is 73.4 Å². The lowest BCUT2D eigenvalue weighted by Gasteiger charge is -2.37. The van der Waals surface area contributed by atoms with Crippen molar-refractivity contribution in [2.45, 2.75) is 45.4 Å². The highest BCUT2D eigenvalue weighted by Gasteiger charge is 2.24. The van der Waals surface area contributed by atoms with Crippen LogP contribution < -0.4 is 4.90 Å². The quantitative estimate of drug-likeness (QED) is 0.574. The largest absolute Gasteiger partial charge is 0.466 e. The van der Waals surface area contributed by atoms with Crippen LogP contribution >= 0.6 is 0 Å². The van der Waals surface area contributed by atoms with Crippen LogP contribution in [0.25, 0.3) is 4.85 Å². The van der Waals surface area contributed by atoms with Gasteiger partial charge in [0.15, 0.2) is 0 Å². The van der Waals surface area contributed by atoms with E-state index < -0.39 is 0 Å². The molecule has 0 aliphatic carbocycles. The van der Waals surface area contributed by atoms with Crippen molar-refractivity contribution in [3.8, 4) is 6.07 Å². The Bertz CT molecular complexity index is 906. The topological polar surface area (TPSA) is 40.6 Å². The fraction of sp³-hybridized carbons (Fsp3) is 0.391. The summed E-state index contributed by atoms with van der Waals surface area (Å²) < 4.78 is 5.84. The molecule has 1 aromatic carbocycles. The van der Waals surface area contributed by atoms with Crippen LogP contribution in [-0.2, 0) is 24.0 Å². The first-order valence-corrected chi connectivity index (χ1v) is 9.66. The number of allylic oxidation sites excluding steroid dienone is 6. The SMILES string of the molecule is [C-]#[N+]C(C#N)=C1C=C(C)OC(CCc2cc3c4c(c2)CCCN4CCC3)=C1. The molecule has 0 aromatic heterocycles. The second-order valence-electron chi connectivity index (χ2n) is 7.45. The van der Waals surface area contributed by atoms with Gasteiger partial charge >= 0.3 is 0 Å². The normalized spacial score (nSPS) is 19.7. The predicted molar refractivity (Wildman–Crippen MR) is 106 cm³/mol. The highest BCUT2D eigenvalue weighted by Crippen LogP contribution is 2.36. The Labute approximate surface area is 160 Å². The summed E-state index contributed by atoms with van der Waals surface area (Å²) in [6, 6.07) is 6.72. The van der Waals surface area contributed by atoms with Crippen molar-refractivity contribution < 1.29 is 4.74 Å². The van der Waals surface area contributed by atoms with Crippen molar-refractivity contribution in [2.75, 3.05) is 18.0 Å². The maximum Gasteiger partial charge on any atom is 0.269 e. The molecule has 0 unspecified atom stereocenters. The molecular weight excluding hydrogens is 334 g/mol. The molecule has 4 rings (SSSR count). The molecular formula is C23H23N3O. The molecule has 0 radical (unpaired) electrons. The number of hydrogen-bond donors (Lipinski definition) is 0. The molecule has 0 atom stereocenters. The van der Waals surface area contributed by atoms with Crippen molar-refractivity contribution in [3.05, 3.63) is 75.2 Å². The molecule has 4 nitrogen and oxygen atoms in total. The summed E-state index contributed by atoms with van der Waals surface area (Å²) in [5.41, 5.74) is 6.65. The third-order valence-electron chi connectivity index (χ3n) is 5.51. The molecule has 0 saturated heterocycles. The maximum absolute atomic E-state index is 9.13. The summed E-state index contributed by atoms with van der Waals surface area (Å²) in [4.78, 5) is 5.88. The van der Waals surface area contributed by atoms with Gasteiger partial charge in [0.25, 0.3) is 5.70 Å². The van der Waals surface area contributed by atoms with Gasteiger partial charge < -0.3 is 9.64 Å². The number of nitriles is 1.